The zero-order valence-electron chi connectivity index (χ0n) is 3.69. The van der Waals surface area contributed by atoms with Crippen LogP contribution in [-0.4, -0.2) is 0 Å². The normalized spacial score (nSPS) is 9.00. The molecule has 0 heterocycles. The van der Waals surface area contributed by atoms with Gasteiger partial charge in [-0.25, -0.2) is 0 Å². The van der Waals surface area contributed by atoms with Gasteiger partial charge in [-0.15, -0.1) is 0 Å². The van der Waals surface area contributed by atoms with Crippen molar-refractivity contribution in [2.75, 3.05) is 0 Å². The first-order valence-corrected chi connectivity index (χ1v) is 7.77. The molecule has 0 saturated carbocycles. The Morgan fingerprint density at radius 2 is 1.00 bits per heavy atom. The quantitative estimate of drug-likeness (QED) is 0.578. The van der Waals surface area contributed by atoms with Gasteiger partial charge in [0.15, 0.2) is 0 Å². The van der Waals surface area contributed by atoms with Crippen LogP contribution in [0.5, 0.6) is 0 Å². The second-order valence-corrected chi connectivity index (χ2v) is 7.77. The van der Waals surface area contributed by atoms with Crippen LogP contribution >= 0.6 is 24.0 Å². The third kappa shape index (κ3) is 31.5. The van der Waals surface area contributed by atoms with E-state index in [4.69, 9.17) is 0 Å². The Hall–Kier alpha value is 1.42. The maximum atomic E-state index is 2.32. The Bertz CT molecular complexity index is 11.6. The van der Waals surface area contributed by atoms with Crippen molar-refractivity contribution in [3.8, 4) is 0 Å². The third-order valence-electron chi connectivity index (χ3n) is 0. The first kappa shape index (κ1) is 9.65. The minimum atomic E-state index is -0.269. The molecule has 1 radical (unpaired) electrons. The summed E-state index contributed by atoms with van der Waals surface area (Å²) in [6, 6.07) is 0. The van der Waals surface area contributed by atoms with E-state index < -0.39 is 0 Å². The zero-order valence-corrected chi connectivity index (χ0v) is 8.12. The van der Waals surface area contributed by atoms with Crippen LogP contribution in [-0.2, 0) is 17.3 Å². The van der Waals surface area contributed by atoms with E-state index in [9.17, 15) is 0 Å². The Morgan fingerprint density at radius 3 is 1.00 bits per heavy atom. The first-order valence-electron chi connectivity index (χ1n) is 0.949. The third-order valence-corrected chi connectivity index (χ3v) is 0. The number of halogens is 1. The minimum absolute atomic E-state index is 0. The molecule has 0 saturated heterocycles. The summed E-state index contributed by atoms with van der Waals surface area (Å²) in [6.07, 6.45) is 0. The smallest absolute Gasteiger partial charge is 0 e. The standard InChI is InChI=1S/3CH3.I.Pt/h3*1H3;;. The number of rotatable bonds is 0. The van der Waals surface area contributed by atoms with Gasteiger partial charge in [-0.2, -0.15) is 0 Å². The van der Waals surface area contributed by atoms with E-state index in [1.807, 2.05) is 0 Å². The Balaban J connectivity index is 0. The van der Waals surface area contributed by atoms with Crippen molar-refractivity contribution in [1.82, 2.24) is 0 Å². The van der Waals surface area contributed by atoms with E-state index in [1.54, 1.807) is 0 Å². The van der Waals surface area contributed by atoms with Gasteiger partial charge in [-0.1, -0.05) is 0 Å². The van der Waals surface area contributed by atoms with Gasteiger partial charge < -0.3 is 0 Å². The molecule has 0 nitrogen and oxygen atoms in total. The van der Waals surface area contributed by atoms with Crippen LogP contribution in [0.3, 0.4) is 0 Å². The zero-order chi connectivity index (χ0) is 3.58. The molecule has 0 unspecified atom stereocenters. The van der Waals surface area contributed by atoms with E-state index in [-0.39, 0.29) is 41.3 Å². The van der Waals surface area contributed by atoms with Crippen LogP contribution in [0, 0.1) is 0 Å². The van der Waals surface area contributed by atoms with Gasteiger partial charge in [0.2, 0.25) is 0 Å². The Kier molecular flexibility index (Phi) is 10.5. The van der Waals surface area contributed by atoms with Crippen LogP contribution in [0.15, 0.2) is 0 Å². The van der Waals surface area contributed by atoms with Crippen molar-refractivity contribution in [3.05, 3.63) is 0 Å². The average molecular weight is 367 g/mol. The largest absolute Gasteiger partial charge is 0 e. The van der Waals surface area contributed by atoms with Crippen molar-refractivity contribution >= 4 is 24.0 Å². The Labute approximate surface area is 56.9 Å². The summed E-state index contributed by atoms with van der Waals surface area (Å²) in [5, 5.41) is 6.97. The molecule has 0 bridgehead atoms. The van der Waals surface area contributed by atoms with Gasteiger partial charge in [0, 0.05) is 24.0 Å². The first-order chi connectivity index (χ1) is 1.73. The summed E-state index contributed by atoms with van der Waals surface area (Å²) in [5.41, 5.74) is 0. The minimum Gasteiger partial charge on any atom is 0 e. The maximum absolute atomic E-state index is 2.32. The predicted molar refractivity (Wildman–Crippen MR) is 31.6 cm³/mol. The van der Waals surface area contributed by atoms with Gasteiger partial charge in [0.25, 0.3) is 0 Å². The monoisotopic (exact) mass is 367 g/mol. The maximum Gasteiger partial charge on any atom is 0 e. The van der Waals surface area contributed by atoms with Crippen LogP contribution in [0.4, 0.5) is 0 Å². The van der Waals surface area contributed by atoms with Crippen molar-refractivity contribution in [3.63, 3.8) is 0 Å². The summed E-state index contributed by atoms with van der Waals surface area (Å²) in [4.78, 5) is 0. The molecular formula is C3H9IPt. The molecule has 38 valence electrons. The predicted octanol–water partition coefficient (Wildman–Crippen LogP) is 2.63. The molecule has 0 aliphatic carbocycles. The molecule has 0 aliphatic rings. The second kappa shape index (κ2) is 5.42. The molecule has 0 aromatic rings. The molecule has 0 aromatic heterocycles. The molecule has 0 fully saturated rings. The molecule has 0 N–H and O–H groups in total. The van der Waals surface area contributed by atoms with Crippen molar-refractivity contribution in [2.24, 2.45) is 0 Å². The fourth-order valence-electron chi connectivity index (χ4n) is 0. The van der Waals surface area contributed by atoms with Crippen molar-refractivity contribution in [1.29, 1.82) is 0 Å². The summed E-state index contributed by atoms with van der Waals surface area (Å²) in [7, 11) is 0. The molecule has 0 spiro atoms. The van der Waals surface area contributed by atoms with E-state index in [0.29, 0.717) is 0 Å². The molecule has 0 atom stereocenters. The molecule has 0 aliphatic heterocycles. The SMILES string of the molecule is [CH3][Pt]([CH3])[CH3].[I]. The average Bonchev–Trinajstić information content (AvgIpc) is 0.811. The number of hydrogen-bond acceptors (Lipinski definition) is 0. The van der Waals surface area contributed by atoms with Crippen LogP contribution < -0.4 is 0 Å². The molecular weight excluding hydrogens is 358 g/mol. The van der Waals surface area contributed by atoms with Crippen molar-refractivity contribution in [2.45, 2.75) is 15.9 Å². The fraction of sp³-hybridized carbons (Fsp3) is 1.00. The summed E-state index contributed by atoms with van der Waals surface area (Å²) < 4.78 is 0. The number of hydrogen-bond donors (Lipinski definition) is 0. The van der Waals surface area contributed by atoms with E-state index in [2.05, 4.69) is 15.9 Å². The topological polar surface area (TPSA) is 0 Å². The second-order valence-electron chi connectivity index (χ2n) is 0.949. The van der Waals surface area contributed by atoms with Gasteiger partial charge in [-0.05, 0) is 0 Å². The van der Waals surface area contributed by atoms with Crippen LogP contribution in [0.2, 0.25) is 15.9 Å². The molecule has 0 rings (SSSR count). The van der Waals surface area contributed by atoms with Gasteiger partial charge in [-0.3, -0.25) is 0 Å². The molecule has 5 heavy (non-hydrogen) atoms. The van der Waals surface area contributed by atoms with Crippen LogP contribution in [0.1, 0.15) is 0 Å². The van der Waals surface area contributed by atoms with Gasteiger partial charge >= 0.3 is 33.3 Å². The van der Waals surface area contributed by atoms with E-state index in [0.717, 1.165) is 0 Å². The molecule has 0 aromatic carbocycles. The molecule has 2 heteroatoms. The van der Waals surface area contributed by atoms with Gasteiger partial charge in [0.05, 0.1) is 0 Å². The van der Waals surface area contributed by atoms with E-state index >= 15 is 0 Å². The van der Waals surface area contributed by atoms with Gasteiger partial charge in [0.1, 0.15) is 0 Å². The summed E-state index contributed by atoms with van der Waals surface area (Å²) >= 11 is -0.269. The molecule has 0 amide bonds. The summed E-state index contributed by atoms with van der Waals surface area (Å²) in [6.45, 7) is 0. The van der Waals surface area contributed by atoms with Crippen molar-refractivity contribution < 1.29 is 17.3 Å². The fourth-order valence-corrected chi connectivity index (χ4v) is 0. The van der Waals surface area contributed by atoms with E-state index in [1.165, 1.54) is 0 Å². The summed E-state index contributed by atoms with van der Waals surface area (Å²) in [5.74, 6) is 0. The Morgan fingerprint density at radius 1 is 1.00 bits per heavy atom. The van der Waals surface area contributed by atoms with Crippen LogP contribution in [0.25, 0.3) is 0 Å².